The molecule has 2 N–H and O–H groups in total. The Balaban J connectivity index is 4.23. The predicted molar refractivity (Wildman–Crippen MR) is 247 cm³/mol. The van der Waals surface area contributed by atoms with E-state index in [2.05, 4.69) is 31.3 Å². The largest absolute Gasteiger partial charge is 0.756 e. The molecule has 0 aromatic carbocycles. The van der Waals surface area contributed by atoms with Crippen LogP contribution in [0.1, 0.15) is 245 Å². The molecule has 9 heteroatoms. The number of phosphoric ester groups is 1. The highest BCUT2D eigenvalue weighted by molar-refractivity contribution is 7.45. The van der Waals surface area contributed by atoms with Gasteiger partial charge in [-0.2, -0.15) is 0 Å². The summed E-state index contributed by atoms with van der Waals surface area (Å²) in [6.07, 6.45) is 47.9. The number of hydrogen-bond donors (Lipinski definition) is 2. The van der Waals surface area contributed by atoms with E-state index in [0.29, 0.717) is 23.9 Å². The minimum atomic E-state index is -4.56. The number of aliphatic hydroxyl groups is 1. The van der Waals surface area contributed by atoms with Crippen LogP contribution in [-0.4, -0.2) is 68.5 Å². The monoisotopic (exact) mass is 843 g/mol. The maximum Gasteiger partial charge on any atom is 0.268 e. The van der Waals surface area contributed by atoms with Gasteiger partial charge in [0.2, 0.25) is 5.91 Å². The van der Waals surface area contributed by atoms with Gasteiger partial charge in [-0.1, -0.05) is 212 Å². The Hall–Kier alpha value is -0.760. The van der Waals surface area contributed by atoms with Crippen molar-refractivity contribution in [3.63, 3.8) is 0 Å². The Morgan fingerprint density at radius 1 is 0.586 bits per heavy atom. The van der Waals surface area contributed by atoms with Gasteiger partial charge >= 0.3 is 0 Å². The molecule has 0 heterocycles. The van der Waals surface area contributed by atoms with E-state index in [9.17, 15) is 19.4 Å². The summed E-state index contributed by atoms with van der Waals surface area (Å²) >= 11 is 0. The van der Waals surface area contributed by atoms with Crippen LogP contribution in [0.4, 0.5) is 0 Å². The number of quaternary nitrogens is 1. The minimum Gasteiger partial charge on any atom is -0.756 e. The van der Waals surface area contributed by atoms with E-state index in [1.807, 2.05) is 21.1 Å². The van der Waals surface area contributed by atoms with Gasteiger partial charge in [0.05, 0.1) is 39.9 Å². The van der Waals surface area contributed by atoms with Crippen molar-refractivity contribution in [2.75, 3.05) is 40.9 Å². The average Bonchev–Trinajstić information content (AvgIpc) is 3.17. The van der Waals surface area contributed by atoms with Gasteiger partial charge < -0.3 is 28.8 Å². The maximum absolute atomic E-state index is 12.9. The van der Waals surface area contributed by atoms with Crippen LogP contribution in [-0.2, 0) is 18.4 Å². The second-order valence-electron chi connectivity index (χ2n) is 18.5. The number of carbonyl (C=O) groups excluding carboxylic acids is 1. The molecule has 0 spiro atoms. The van der Waals surface area contributed by atoms with Crippen LogP contribution in [0.15, 0.2) is 12.2 Å². The SMILES string of the molecule is CCCCCCCC/C=C/CCCCCCCCCCCCCC(=O)N[C@@H](COP(=O)([O-])OCC[N+](C)(C)C)[C@H](O)CCCCCCCCCCCCCCCCC. The molecular weight excluding hydrogens is 744 g/mol. The van der Waals surface area contributed by atoms with Crippen LogP contribution in [0.2, 0.25) is 0 Å². The van der Waals surface area contributed by atoms with Crippen LogP contribution in [0.5, 0.6) is 0 Å². The summed E-state index contributed by atoms with van der Waals surface area (Å²) < 4.78 is 23.3. The Labute approximate surface area is 361 Å². The number of likely N-dealkylation sites (N-methyl/N-ethyl adjacent to an activating group) is 1. The van der Waals surface area contributed by atoms with E-state index in [1.165, 1.54) is 180 Å². The summed E-state index contributed by atoms with van der Waals surface area (Å²) in [6, 6.07) is -0.796. The fraction of sp³-hybridized carbons (Fsp3) is 0.939. The number of rotatable bonds is 46. The van der Waals surface area contributed by atoms with Crippen molar-refractivity contribution in [1.29, 1.82) is 0 Å². The fourth-order valence-electron chi connectivity index (χ4n) is 7.51. The summed E-state index contributed by atoms with van der Waals surface area (Å²) in [5.41, 5.74) is 0. The molecule has 0 aliphatic rings. The first-order valence-corrected chi connectivity index (χ1v) is 26.5. The number of carbonyl (C=O) groups is 1. The van der Waals surface area contributed by atoms with Crippen molar-refractivity contribution in [3.05, 3.63) is 12.2 Å². The number of amides is 1. The predicted octanol–water partition coefficient (Wildman–Crippen LogP) is 13.7. The molecule has 0 bridgehead atoms. The number of nitrogens with zero attached hydrogens (tertiary/aromatic N) is 1. The van der Waals surface area contributed by atoms with E-state index in [-0.39, 0.29) is 19.1 Å². The lowest BCUT2D eigenvalue weighted by atomic mass is 10.0. The molecule has 0 saturated heterocycles. The quantitative estimate of drug-likeness (QED) is 0.0273. The normalized spacial score (nSPS) is 14.3. The van der Waals surface area contributed by atoms with Gasteiger partial charge in [-0.05, 0) is 38.5 Å². The van der Waals surface area contributed by atoms with Crippen LogP contribution in [0, 0.1) is 0 Å². The van der Waals surface area contributed by atoms with Crippen LogP contribution >= 0.6 is 7.82 Å². The van der Waals surface area contributed by atoms with Crippen molar-refractivity contribution >= 4 is 13.7 Å². The van der Waals surface area contributed by atoms with E-state index >= 15 is 0 Å². The molecule has 0 aromatic rings. The van der Waals surface area contributed by atoms with Gasteiger partial charge in [-0.15, -0.1) is 0 Å². The topological polar surface area (TPSA) is 108 Å². The lowest BCUT2D eigenvalue weighted by molar-refractivity contribution is -0.870. The summed E-state index contributed by atoms with van der Waals surface area (Å²) in [5, 5.41) is 14.0. The van der Waals surface area contributed by atoms with E-state index in [4.69, 9.17) is 9.05 Å². The lowest BCUT2D eigenvalue weighted by Gasteiger charge is -2.30. The average molecular weight is 843 g/mol. The molecule has 346 valence electrons. The van der Waals surface area contributed by atoms with Crippen molar-refractivity contribution in [1.82, 2.24) is 5.32 Å². The van der Waals surface area contributed by atoms with E-state index < -0.39 is 20.0 Å². The highest BCUT2D eigenvalue weighted by atomic mass is 31.2. The van der Waals surface area contributed by atoms with Gasteiger partial charge in [0.25, 0.3) is 7.82 Å². The van der Waals surface area contributed by atoms with Crippen LogP contribution in [0.25, 0.3) is 0 Å². The summed E-state index contributed by atoms with van der Waals surface area (Å²) in [6.45, 7) is 4.74. The fourth-order valence-corrected chi connectivity index (χ4v) is 8.23. The Kier molecular flexibility index (Phi) is 41.0. The first-order valence-electron chi connectivity index (χ1n) is 25.0. The number of aliphatic hydroxyl groups excluding tert-OH is 1. The molecule has 0 aromatic heterocycles. The van der Waals surface area contributed by atoms with E-state index in [0.717, 1.165) is 38.5 Å². The first kappa shape index (κ1) is 57.2. The van der Waals surface area contributed by atoms with Gasteiger partial charge in [-0.3, -0.25) is 9.36 Å². The Morgan fingerprint density at radius 3 is 1.34 bits per heavy atom. The molecule has 58 heavy (non-hydrogen) atoms. The highest BCUT2D eigenvalue weighted by Crippen LogP contribution is 2.38. The molecule has 0 fully saturated rings. The molecule has 0 radical (unpaired) electrons. The number of unbranched alkanes of at least 4 members (excludes halogenated alkanes) is 31. The summed E-state index contributed by atoms with van der Waals surface area (Å²) in [4.78, 5) is 25.4. The minimum absolute atomic E-state index is 0.0143. The van der Waals surface area contributed by atoms with E-state index in [1.54, 1.807) is 0 Å². The molecule has 3 atom stereocenters. The molecule has 8 nitrogen and oxygen atoms in total. The zero-order valence-corrected chi connectivity index (χ0v) is 40.2. The smallest absolute Gasteiger partial charge is 0.268 e. The summed E-state index contributed by atoms with van der Waals surface area (Å²) in [5.74, 6) is -0.163. The maximum atomic E-state index is 12.9. The Bertz CT molecular complexity index is 958. The highest BCUT2D eigenvalue weighted by Gasteiger charge is 2.24. The molecular formula is C49H99N2O6P. The van der Waals surface area contributed by atoms with Crippen LogP contribution in [0.3, 0.4) is 0 Å². The third kappa shape index (κ3) is 43.3. The number of hydrogen-bond acceptors (Lipinski definition) is 6. The van der Waals surface area contributed by atoms with Crippen molar-refractivity contribution in [2.24, 2.45) is 0 Å². The van der Waals surface area contributed by atoms with Gasteiger partial charge in [0.15, 0.2) is 0 Å². The Morgan fingerprint density at radius 2 is 0.948 bits per heavy atom. The van der Waals surface area contributed by atoms with Gasteiger partial charge in [-0.25, -0.2) is 0 Å². The second kappa shape index (κ2) is 41.6. The molecule has 0 rings (SSSR count). The number of nitrogens with one attached hydrogen (secondary N) is 1. The molecule has 0 aliphatic heterocycles. The molecule has 0 saturated carbocycles. The van der Waals surface area contributed by atoms with Crippen molar-refractivity contribution in [3.8, 4) is 0 Å². The first-order chi connectivity index (χ1) is 28.0. The van der Waals surface area contributed by atoms with Crippen molar-refractivity contribution < 1.29 is 32.9 Å². The molecule has 1 unspecified atom stereocenters. The molecule has 0 aliphatic carbocycles. The molecule has 1 amide bonds. The van der Waals surface area contributed by atoms with Crippen molar-refractivity contribution in [2.45, 2.75) is 257 Å². The van der Waals surface area contributed by atoms with Gasteiger partial charge in [0, 0.05) is 6.42 Å². The van der Waals surface area contributed by atoms with Crippen LogP contribution < -0.4 is 10.2 Å². The summed E-state index contributed by atoms with van der Waals surface area (Å²) in [7, 11) is 1.31. The zero-order chi connectivity index (χ0) is 42.8. The zero-order valence-electron chi connectivity index (χ0n) is 39.3. The number of allylic oxidation sites excluding steroid dienone is 2. The lowest BCUT2D eigenvalue weighted by Crippen LogP contribution is -2.46. The number of phosphoric acid groups is 1. The van der Waals surface area contributed by atoms with Gasteiger partial charge in [0.1, 0.15) is 13.2 Å². The standard InChI is InChI=1S/C49H99N2O6P/c1-6-8-10-12-14-16-18-20-22-23-24-25-26-27-29-31-33-35-37-39-41-43-49(53)50-47(46-57-58(54,55)56-45-44-51(3,4)5)48(52)42-40-38-36-34-32-30-28-21-19-17-15-13-11-9-7-2/h20,22,47-48,52H,6-19,21,23-46H2,1-5H3,(H-,50,53,54,55)/b22-20+/t47-,48+/m0/s1. The third-order valence-electron chi connectivity index (χ3n) is 11.5. The second-order valence-corrected chi connectivity index (χ2v) is 19.9. The third-order valence-corrected chi connectivity index (χ3v) is 12.5.